The Labute approximate surface area is 150 Å². The zero-order valence-electron chi connectivity index (χ0n) is 13.6. The van der Waals surface area contributed by atoms with Crippen LogP contribution in [0.3, 0.4) is 0 Å². The minimum absolute atomic E-state index is 0.224. The number of fused-ring (bicyclic) bond motifs is 1. The van der Waals surface area contributed by atoms with Gasteiger partial charge < -0.3 is 15.4 Å². The van der Waals surface area contributed by atoms with Crippen molar-refractivity contribution in [2.24, 2.45) is 0 Å². The molecule has 3 rings (SSSR count). The first kappa shape index (κ1) is 16.9. The van der Waals surface area contributed by atoms with Crippen LogP contribution in [0.25, 0.3) is 10.8 Å². The van der Waals surface area contributed by atoms with Crippen molar-refractivity contribution in [3.63, 3.8) is 0 Å². The van der Waals surface area contributed by atoms with E-state index < -0.39 is 0 Å². The number of hydrogen-bond donors (Lipinski definition) is 2. The number of amides is 2. The fraction of sp³-hybridized carbons (Fsp3) is 0.150. The average Bonchev–Trinajstić information content (AvgIpc) is 3.16. The maximum absolute atomic E-state index is 11.6. The number of thiophene rings is 1. The molecule has 4 nitrogen and oxygen atoms in total. The molecule has 25 heavy (non-hydrogen) atoms. The minimum atomic E-state index is -0.224. The van der Waals surface area contributed by atoms with Crippen LogP contribution < -0.4 is 15.4 Å². The van der Waals surface area contributed by atoms with E-state index in [1.165, 1.54) is 0 Å². The van der Waals surface area contributed by atoms with Crippen molar-refractivity contribution in [3.05, 3.63) is 64.9 Å². The number of carbonyl (C=O) groups excluding carboxylic acids is 1. The SMILES string of the molecule is O=C(NCC#CCOc1cccc2ccccc12)NCc1cccs1. The molecule has 126 valence electrons. The Kier molecular flexibility index (Phi) is 5.91. The highest BCUT2D eigenvalue weighted by atomic mass is 32.1. The van der Waals surface area contributed by atoms with Gasteiger partial charge in [0.05, 0.1) is 13.1 Å². The molecule has 1 aromatic heterocycles. The first-order chi connectivity index (χ1) is 12.3. The van der Waals surface area contributed by atoms with Crippen molar-refractivity contribution < 1.29 is 9.53 Å². The van der Waals surface area contributed by atoms with Crippen LogP contribution in [0.1, 0.15) is 4.88 Å². The van der Waals surface area contributed by atoms with E-state index in [1.807, 2.05) is 60.0 Å². The van der Waals surface area contributed by atoms with E-state index in [-0.39, 0.29) is 19.2 Å². The molecule has 2 N–H and O–H groups in total. The van der Waals surface area contributed by atoms with Gasteiger partial charge in [-0.15, -0.1) is 11.3 Å². The highest BCUT2D eigenvalue weighted by Crippen LogP contribution is 2.24. The highest BCUT2D eigenvalue weighted by Gasteiger charge is 2.00. The second-order valence-electron chi connectivity index (χ2n) is 5.24. The third-order valence-electron chi connectivity index (χ3n) is 3.52. The van der Waals surface area contributed by atoms with Gasteiger partial charge in [0.25, 0.3) is 0 Å². The van der Waals surface area contributed by atoms with Crippen molar-refractivity contribution in [2.75, 3.05) is 13.2 Å². The number of ether oxygens (including phenoxy) is 1. The van der Waals surface area contributed by atoms with Crippen molar-refractivity contribution in [2.45, 2.75) is 6.54 Å². The number of rotatable bonds is 5. The molecule has 0 bridgehead atoms. The van der Waals surface area contributed by atoms with E-state index in [0.29, 0.717) is 6.54 Å². The Morgan fingerprint density at radius 3 is 2.76 bits per heavy atom. The second-order valence-corrected chi connectivity index (χ2v) is 6.27. The Morgan fingerprint density at radius 2 is 1.88 bits per heavy atom. The average molecular weight is 350 g/mol. The van der Waals surface area contributed by atoms with Crippen LogP contribution in [0.5, 0.6) is 5.75 Å². The van der Waals surface area contributed by atoms with Crippen LogP contribution >= 0.6 is 11.3 Å². The number of benzene rings is 2. The van der Waals surface area contributed by atoms with Crippen molar-refractivity contribution in [1.29, 1.82) is 0 Å². The van der Waals surface area contributed by atoms with Crippen LogP contribution in [0.2, 0.25) is 0 Å². The van der Waals surface area contributed by atoms with E-state index >= 15 is 0 Å². The molecule has 0 aliphatic carbocycles. The normalized spacial score (nSPS) is 9.92. The highest BCUT2D eigenvalue weighted by molar-refractivity contribution is 7.09. The van der Waals surface area contributed by atoms with Gasteiger partial charge in [0.1, 0.15) is 12.4 Å². The van der Waals surface area contributed by atoms with Gasteiger partial charge in [-0.2, -0.15) is 0 Å². The summed E-state index contributed by atoms with van der Waals surface area (Å²) in [6.45, 7) is 1.10. The van der Waals surface area contributed by atoms with E-state index in [4.69, 9.17) is 4.74 Å². The molecule has 0 spiro atoms. The molecule has 0 aliphatic heterocycles. The number of urea groups is 1. The summed E-state index contributed by atoms with van der Waals surface area (Å²) in [5, 5.41) is 9.67. The molecule has 1 heterocycles. The lowest BCUT2D eigenvalue weighted by atomic mass is 10.1. The van der Waals surface area contributed by atoms with Gasteiger partial charge in [-0.1, -0.05) is 54.3 Å². The van der Waals surface area contributed by atoms with Crippen LogP contribution in [0, 0.1) is 11.8 Å². The van der Waals surface area contributed by atoms with E-state index in [1.54, 1.807) is 11.3 Å². The van der Waals surface area contributed by atoms with E-state index in [2.05, 4.69) is 22.5 Å². The Balaban J connectivity index is 1.40. The Morgan fingerprint density at radius 1 is 1.00 bits per heavy atom. The molecule has 3 aromatic rings. The smallest absolute Gasteiger partial charge is 0.315 e. The molecular formula is C20H18N2O2S. The van der Waals surface area contributed by atoms with E-state index in [9.17, 15) is 4.79 Å². The van der Waals surface area contributed by atoms with Crippen molar-refractivity contribution in [1.82, 2.24) is 10.6 Å². The van der Waals surface area contributed by atoms with Crippen molar-refractivity contribution >= 4 is 28.1 Å². The molecule has 0 aliphatic rings. The first-order valence-electron chi connectivity index (χ1n) is 7.93. The lowest BCUT2D eigenvalue weighted by Gasteiger charge is -2.06. The lowest BCUT2D eigenvalue weighted by Crippen LogP contribution is -2.35. The molecule has 0 unspecified atom stereocenters. The number of nitrogens with one attached hydrogen (secondary N) is 2. The minimum Gasteiger partial charge on any atom is -0.480 e. The molecular weight excluding hydrogens is 332 g/mol. The summed E-state index contributed by atoms with van der Waals surface area (Å²) in [6.07, 6.45) is 0. The second kappa shape index (κ2) is 8.76. The third kappa shape index (κ3) is 5.00. The third-order valence-corrected chi connectivity index (χ3v) is 4.39. The molecule has 0 saturated heterocycles. The molecule has 5 heteroatoms. The molecule has 0 saturated carbocycles. The summed E-state index contributed by atoms with van der Waals surface area (Å²) in [4.78, 5) is 12.7. The summed E-state index contributed by atoms with van der Waals surface area (Å²) in [5.74, 6) is 6.61. The van der Waals surface area contributed by atoms with Crippen LogP contribution in [0.15, 0.2) is 60.0 Å². The van der Waals surface area contributed by atoms with Crippen LogP contribution in [0.4, 0.5) is 4.79 Å². The summed E-state index contributed by atoms with van der Waals surface area (Å²) < 4.78 is 5.72. The largest absolute Gasteiger partial charge is 0.480 e. The van der Waals surface area contributed by atoms with Crippen LogP contribution in [-0.2, 0) is 6.54 Å². The Hall–Kier alpha value is -2.97. The summed E-state index contributed by atoms with van der Waals surface area (Å²) >= 11 is 1.61. The fourth-order valence-electron chi connectivity index (χ4n) is 2.32. The van der Waals surface area contributed by atoms with Gasteiger partial charge in [0.15, 0.2) is 0 Å². The van der Waals surface area contributed by atoms with Gasteiger partial charge in [0.2, 0.25) is 0 Å². The van der Waals surface area contributed by atoms with Gasteiger partial charge in [0, 0.05) is 10.3 Å². The summed E-state index contributed by atoms with van der Waals surface area (Å²) in [7, 11) is 0. The first-order valence-corrected chi connectivity index (χ1v) is 8.81. The summed E-state index contributed by atoms with van der Waals surface area (Å²) in [6, 6.07) is 17.7. The lowest BCUT2D eigenvalue weighted by molar-refractivity contribution is 0.242. The van der Waals surface area contributed by atoms with Gasteiger partial charge >= 0.3 is 6.03 Å². The summed E-state index contributed by atoms with van der Waals surface area (Å²) in [5.41, 5.74) is 0. The maximum Gasteiger partial charge on any atom is 0.315 e. The fourth-order valence-corrected chi connectivity index (χ4v) is 2.96. The molecule has 0 fully saturated rings. The van der Waals surface area contributed by atoms with Gasteiger partial charge in [-0.05, 0) is 22.9 Å². The molecule has 0 radical (unpaired) electrons. The van der Waals surface area contributed by atoms with E-state index in [0.717, 1.165) is 21.4 Å². The Bertz CT molecular complexity index is 889. The quantitative estimate of drug-likeness (QED) is 0.688. The predicted octanol–water partition coefficient (Wildman–Crippen LogP) is 3.78. The van der Waals surface area contributed by atoms with Crippen molar-refractivity contribution in [3.8, 4) is 17.6 Å². The van der Waals surface area contributed by atoms with Gasteiger partial charge in [-0.3, -0.25) is 0 Å². The molecule has 2 aromatic carbocycles. The molecule has 2 amide bonds. The topological polar surface area (TPSA) is 50.4 Å². The molecule has 0 atom stereocenters. The predicted molar refractivity (Wildman–Crippen MR) is 102 cm³/mol. The van der Waals surface area contributed by atoms with Crippen LogP contribution in [-0.4, -0.2) is 19.2 Å². The monoisotopic (exact) mass is 350 g/mol. The number of hydrogen-bond acceptors (Lipinski definition) is 3. The van der Waals surface area contributed by atoms with Gasteiger partial charge in [-0.25, -0.2) is 4.79 Å². The number of carbonyl (C=O) groups is 1. The maximum atomic E-state index is 11.6. The standard InChI is InChI=1S/C20H18N2O2S/c23-20(22-15-17-9-6-14-25-17)21-12-3-4-13-24-19-11-5-8-16-7-1-2-10-18(16)19/h1-2,5-11,14H,12-13,15H2,(H2,21,22,23). The zero-order valence-corrected chi connectivity index (χ0v) is 14.4. The zero-order chi connectivity index (χ0) is 17.3.